The maximum absolute atomic E-state index is 12.3. The zero-order valence-corrected chi connectivity index (χ0v) is 10.5. The number of nitrogens with zero attached hydrogens (tertiary/aromatic N) is 1. The number of carbonyl (C=O) groups excluding carboxylic acids is 1. The van der Waals surface area contributed by atoms with E-state index in [1.165, 1.54) is 0 Å². The predicted octanol–water partition coefficient (Wildman–Crippen LogP) is 1.44. The van der Waals surface area contributed by atoms with Crippen LogP contribution >= 0.6 is 0 Å². The summed E-state index contributed by atoms with van der Waals surface area (Å²) >= 11 is 0. The van der Waals surface area contributed by atoms with E-state index in [9.17, 15) is 4.79 Å². The van der Waals surface area contributed by atoms with E-state index in [1.54, 1.807) is 0 Å². The van der Waals surface area contributed by atoms with E-state index in [-0.39, 0.29) is 18.0 Å². The number of piperazine rings is 1. The molecule has 1 heterocycles. The average Bonchev–Trinajstić information content (AvgIpc) is 2.30. The summed E-state index contributed by atoms with van der Waals surface area (Å²) in [6, 6.07) is 10.5. The lowest BCUT2D eigenvalue weighted by Gasteiger charge is -2.39. The van der Waals surface area contributed by atoms with Gasteiger partial charge >= 0.3 is 0 Å². The molecule has 0 aromatic heterocycles. The lowest BCUT2D eigenvalue weighted by molar-refractivity contribution is -0.135. The molecule has 1 aliphatic rings. The van der Waals surface area contributed by atoms with E-state index >= 15 is 0 Å². The fraction of sp³-hybridized carbons (Fsp3) is 0.500. The van der Waals surface area contributed by atoms with Gasteiger partial charge in [-0.1, -0.05) is 30.3 Å². The Balaban J connectivity index is 2.04. The lowest BCUT2D eigenvalue weighted by Crippen LogP contribution is -2.57. The SMILES string of the molecule is C[C@@H]1CNC[C@H](C)N1C(=O)Cc1ccccc1. The van der Waals surface area contributed by atoms with E-state index in [0.29, 0.717) is 6.42 Å². The van der Waals surface area contributed by atoms with Crippen LogP contribution in [0.1, 0.15) is 19.4 Å². The number of carbonyl (C=O) groups is 1. The smallest absolute Gasteiger partial charge is 0.227 e. The lowest BCUT2D eigenvalue weighted by atomic mass is 10.1. The third-order valence-electron chi connectivity index (χ3n) is 3.32. The molecule has 3 nitrogen and oxygen atoms in total. The summed E-state index contributed by atoms with van der Waals surface area (Å²) in [7, 11) is 0. The quantitative estimate of drug-likeness (QED) is 0.837. The fourth-order valence-corrected chi connectivity index (χ4v) is 2.49. The van der Waals surface area contributed by atoms with Crippen LogP contribution in [-0.2, 0) is 11.2 Å². The molecule has 2 rings (SSSR count). The summed E-state index contributed by atoms with van der Waals surface area (Å²) in [4.78, 5) is 14.3. The molecule has 0 unspecified atom stereocenters. The summed E-state index contributed by atoms with van der Waals surface area (Å²) in [5, 5.41) is 3.34. The molecule has 2 atom stereocenters. The van der Waals surface area contributed by atoms with E-state index in [0.717, 1.165) is 18.7 Å². The highest BCUT2D eigenvalue weighted by Gasteiger charge is 2.28. The first-order valence-corrected chi connectivity index (χ1v) is 6.24. The highest BCUT2D eigenvalue weighted by atomic mass is 16.2. The van der Waals surface area contributed by atoms with Crippen molar-refractivity contribution in [3.8, 4) is 0 Å². The Labute approximate surface area is 103 Å². The number of hydrogen-bond donors (Lipinski definition) is 1. The van der Waals surface area contributed by atoms with Crippen LogP contribution in [0, 0.1) is 0 Å². The minimum atomic E-state index is 0.234. The van der Waals surface area contributed by atoms with Crippen LogP contribution in [0.2, 0.25) is 0 Å². The summed E-state index contributed by atoms with van der Waals surface area (Å²) in [5.41, 5.74) is 1.09. The van der Waals surface area contributed by atoms with Crippen molar-refractivity contribution < 1.29 is 4.79 Å². The summed E-state index contributed by atoms with van der Waals surface area (Å²) in [5.74, 6) is 0.234. The van der Waals surface area contributed by atoms with Gasteiger partial charge in [-0.05, 0) is 19.4 Å². The van der Waals surface area contributed by atoms with Gasteiger partial charge in [0.15, 0.2) is 0 Å². The van der Waals surface area contributed by atoms with Crippen molar-refractivity contribution in [1.82, 2.24) is 10.2 Å². The Morgan fingerprint density at radius 3 is 2.41 bits per heavy atom. The van der Waals surface area contributed by atoms with Crippen LogP contribution < -0.4 is 5.32 Å². The Hall–Kier alpha value is -1.35. The standard InChI is InChI=1S/C14H20N2O/c1-11-9-15-10-12(2)16(11)14(17)8-13-6-4-3-5-7-13/h3-7,11-12,15H,8-10H2,1-2H3/t11-,12+. The van der Waals surface area contributed by atoms with Crippen molar-refractivity contribution >= 4 is 5.91 Å². The van der Waals surface area contributed by atoms with Gasteiger partial charge < -0.3 is 10.2 Å². The van der Waals surface area contributed by atoms with Crippen molar-refractivity contribution in [3.05, 3.63) is 35.9 Å². The molecule has 0 bridgehead atoms. The molecule has 1 fully saturated rings. The molecule has 0 radical (unpaired) electrons. The average molecular weight is 232 g/mol. The maximum Gasteiger partial charge on any atom is 0.227 e. The Morgan fingerprint density at radius 2 is 1.82 bits per heavy atom. The molecule has 0 spiro atoms. The number of rotatable bonds is 2. The topological polar surface area (TPSA) is 32.3 Å². The van der Waals surface area contributed by atoms with Crippen LogP contribution in [0.15, 0.2) is 30.3 Å². The number of hydrogen-bond acceptors (Lipinski definition) is 2. The van der Waals surface area contributed by atoms with Gasteiger partial charge in [-0.2, -0.15) is 0 Å². The number of nitrogens with one attached hydrogen (secondary N) is 1. The molecule has 0 aliphatic carbocycles. The molecule has 92 valence electrons. The zero-order chi connectivity index (χ0) is 12.3. The van der Waals surface area contributed by atoms with E-state index in [2.05, 4.69) is 19.2 Å². The van der Waals surface area contributed by atoms with Gasteiger partial charge in [0, 0.05) is 25.2 Å². The third-order valence-corrected chi connectivity index (χ3v) is 3.32. The van der Waals surface area contributed by atoms with Crippen LogP contribution in [0.25, 0.3) is 0 Å². The molecule has 1 saturated heterocycles. The first kappa shape index (κ1) is 12.1. The molecule has 1 N–H and O–H groups in total. The molecule has 17 heavy (non-hydrogen) atoms. The summed E-state index contributed by atoms with van der Waals surface area (Å²) < 4.78 is 0. The van der Waals surface area contributed by atoms with E-state index in [1.807, 2.05) is 35.2 Å². The molecule has 3 heteroatoms. The normalized spacial score (nSPS) is 24.7. The van der Waals surface area contributed by atoms with E-state index < -0.39 is 0 Å². The fourth-order valence-electron chi connectivity index (χ4n) is 2.49. The molecule has 1 amide bonds. The first-order valence-electron chi connectivity index (χ1n) is 6.24. The van der Waals surface area contributed by atoms with Crippen molar-refractivity contribution in [2.24, 2.45) is 0 Å². The number of benzene rings is 1. The van der Waals surface area contributed by atoms with Crippen molar-refractivity contribution in [3.63, 3.8) is 0 Å². The van der Waals surface area contributed by atoms with Crippen LogP contribution in [0.3, 0.4) is 0 Å². The van der Waals surface area contributed by atoms with Crippen molar-refractivity contribution in [1.29, 1.82) is 0 Å². The Morgan fingerprint density at radius 1 is 1.24 bits per heavy atom. The minimum absolute atomic E-state index is 0.234. The van der Waals surface area contributed by atoms with Gasteiger partial charge in [-0.25, -0.2) is 0 Å². The highest BCUT2D eigenvalue weighted by Crippen LogP contribution is 2.12. The third kappa shape index (κ3) is 2.86. The van der Waals surface area contributed by atoms with E-state index in [4.69, 9.17) is 0 Å². The minimum Gasteiger partial charge on any atom is -0.334 e. The van der Waals surface area contributed by atoms with Gasteiger partial charge in [0.05, 0.1) is 6.42 Å². The molecule has 1 aromatic carbocycles. The Bertz CT molecular complexity index is 367. The van der Waals surface area contributed by atoms with Crippen LogP contribution in [0.5, 0.6) is 0 Å². The van der Waals surface area contributed by atoms with Crippen molar-refractivity contribution in [2.75, 3.05) is 13.1 Å². The highest BCUT2D eigenvalue weighted by molar-refractivity contribution is 5.79. The molecular weight excluding hydrogens is 212 g/mol. The second kappa shape index (κ2) is 5.32. The maximum atomic E-state index is 12.3. The van der Waals surface area contributed by atoms with Gasteiger partial charge in [0.25, 0.3) is 0 Å². The molecule has 1 aliphatic heterocycles. The van der Waals surface area contributed by atoms with Crippen molar-refractivity contribution in [2.45, 2.75) is 32.4 Å². The van der Waals surface area contributed by atoms with Crippen LogP contribution in [0.4, 0.5) is 0 Å². The van der Waals surface area contributed by atoms with Gasteiger partial charge in [-0.3, -0.25) is 4.79 Å². The monoisotopic (exact) mass is 232 g/mol. The van der Waals surface area contributed by atoms with Gasteiger partial charge in [0.1, 0.15) is 0 Å². The summed E-state index contributed by atoms with van der Waals surface area (Å²) in [6.45, 7) is 5.99. The van der Waals surface area contributed by atoms with Gasteiger partial charge in [-0.15, -0.1) is 0 Å². The molecule has 0 saturated carbocycles. The van der Waals surface area contributed by atoms with Crippen LogP contribution in [-0.4, -0.2) is 36.0 Å². The Kier molecular flexibility index (Phi) is 3.79. The zero-order valence-electron chi connectivity index (χ0n) is 10.5. The molecule has 1 aromatic rings. The summed E-state index contributed by atoms with van der Waals surface area (Å²) in [6.07, 6.45) is 0.509. The first-order chi connectivity index (χ1) is 8.18. The predicted molar refractivity (Wildman–Crippen MR) is 68.8 cm³/mol. The second-order valence-corrected chi connectivity index (χ2v) is 4.82. The van der Waals surface area contributed by atoms with Gasteiger partial charge in [0.2, 0.25) is 5.91 Å². The second-order valence-electron chi connectivity index (χ2n) is 4.82. The number of amides is 1. The largest absolute Gasteiger partial charge is 0.334 e. The molecular formula is C14H20N2O.